The average Bonchev–Trinajstić information content (AvgIpc) is 2.99. The molecule has 0 unspecified atom stereocenters. The zero-order chi connectivity index (χ0) is 14.4. The Morgan fingerprint density at radius 2 is 2.10 bits per heavy atom. The molecule has 0 aliphatic carbocycles. The summed E-state index contributed by atoms with van der Waals surface area (Å²) in [5.74, 6) is -0.188. The fraction of sp³-hybridized carbons (Fsp3) is 0.143. The van der Waals surface area contributed by atoms with Crippen molar-refractivity contribution < 1.29 is 10.0 Å². The van der Waals surface area contributed by atoms with Crippen molar-refractivity contribution in [1.82, 2.24) is 5.32 Å². The number of hydrogen-bond donors (Lipinski definition) is 3. The summed E-state index contributed by atoms with van der Waals surface area (Å²) in [6, 6.07) is 10.7. The van der Waals surface area contributed by atoms with E-state index in [1.54, 1.807) is 35.6 Å². The molecule has 104 valence electrons. The molecule has 1 heterocycles. The fourth-order valence-electron chi connectivity index (χ4n) is 1.73. The predicted octanol–water partition coefficient (Wildman–Crippen LogP) is 1.82. The van der Waals surface area contributed by atoms with Crippen LogP contribution in [0.1, 0.15) is 20.8 Å². The monoisotopic (exact) mass is 289 g/mol. The smallest absolute Gasteiger partial charge is 0.251 e. The van der Waals surface area contributed by atoms with Crippen molar-refractivity contribution in [3.63, 3.8) is 0 Å². The molecule has 0 spiro atoms. The highest BCUT2D eigenvalue weighted by Gasteiger charge is 2.07. The second kappa shape index (κ2) is 6.72. The van der Waals surface area contributed by atoms with Gasteiger partial charge in [-0.1, -0.05) is 23.4 Å². The van der Waals surface area contributed by atoms with Gasteiger partial charge in [0.25, 0.3) is 5.91 Å². The molecule has 0 aliphatic heterocycles. The van der Waals surface area contributed by atoms with E-state index < -0.39 is 0 Å². The summed E-state index contributed by atoms with van der Waals surface area (Å²) in [6.07, 6.45) is 0.809. The molecule has 1 amide bonds. The van der Waals surface area contributed by atoms with Gasteiger partial charge in [-0.2, -0.15) is 0 Å². The maximum atomic E-state index is 12.0. The van der Waals surface area contributed by atoms with Crippen molar-refractivity contribution >= 4 is 23.1 Å². The summed E-state index contributed by atoms with van der Waals surface area (Å²) in [4.78, 5) is 13.2. The highest BCUT2D eigenvalue weighted by Crippen LogP contribution is 2.09. The Bertz CT molecular complexity index is 609. The molecular formula is C14H15N3O2S. The van der Waals surface area contributed by atoms with Crippen LogP contribution in [0.3, 0.4) is 0 Å². The lowest BCUT2D eigenvalue weighted by Gasteiger charge is -2.06. The van der Waals surface area contributed by atoms with Crippen LogP contribution in [0, 0.1) is 0 Å². The molecule has 2 aromatic rings. The molecule has 4 N–H and O–H groups in total. The largest absolute Gasteiger partial charge is 0.409 e. The number of rotatable bonds is 5. The van der Waals surface area contributed by atoms with Crippen LogP contribution >= 0.6 is 11.3 Å². The minimum atomic E-state index is -0.172. The Labute approximate surface area is 120 Å². The Morgan fingerprint density at radius 1 is 1.30 bits per heavy atom. The summed E-state index contributed by atoms with van der Waals surface area (Å²) in [5, 5.41) is 16.4. The SMILES string of the molecule is N/C(=N\O)c1cccc(C(=O)NCCc2cccs2)c1. The lowest BCUT2D eigenvalue weighted by molar-refractivity contribution is 0.0954. The van der Waals surface area contributed by atoms with E-state index in [0.717, 1.165) is 6.42 Å². The number of nitrogens with one attached hydrogen (secondary N) is 1. The Balaban J connectivity index is 1.95. The number of nitrogens with two attached hydrogens (primary N) is 1. The number of nitrogens with zero attached hydrogens (tertiary/aromatic N) is 1. The minimum Gasteiger partial charge on any atom is -0.409 e. The van der Waals surface area contributed by atoms with Gasteiger partial charge in [-0.3, -0.25) is 4.79 Å². The van der Waals surface area contributed by atoms with Gasteiger partial charge < -0.3 is 16.3 Å². The highest BCUT2D eigenvalue weighted by atomic mass is 32.1. The molecule has 1 aromatic carbocycles. The topological polar surface area (TPSA) is 87.7 Å². The molecule has 2 rings (SSSR count). The molecule has 0 saturated heterocycles. The summed E-state index contributed by atoms with van der Waals surface area (Å²) in [6.45, 7) is 0.577. The molecule has 0 atom stereocenters. The molecule has 1 aromatic heterocycles. The highest BCUT2D eigenvalue weighted by molar-refractivity contribution is 7.09. The van der Waals surface area contributed by atoms with Crippen molar-refractivity contribution in [3.05, 3.63) is 57.8 Å². The summed E-state index contributed by atoms with van der Waals surface area (Å²) in [7, 11) is 0. The van der Waals surface area contributed by atoms with E-state index in [4.69, 9.17) is 10.9 Å². The van der Waals surface area contributed by atoms with Gasteiger partial charge >= 0.3 is 0 Å². The lowest BCUT2D eigenvalue weighted by atomic mass is 10.1. The lowest BCUT2D eigenvalue weighted by Crippen LogP contribution is -2.26. The first-order valence-electron chi connectivity index (χ1n) is 6.09. The van der Waals surface area contributed by atoms with E-state index in [-0.39, 0.29) is 11.7 Å². The number of hydrogen-bond acceptors (Lipinski definition) is 4. The number of thiophene rings is 1. The minimum absolute atomic E-state index is 0.0155. The van der Waals surface area contributed by atoms with Crippen molar-refractivity contribution in [1.29, 1.82) is 0 Å². The van der Waals surface area contributed by atoms with Gasteiger partial charge in [-0.25, -0.2) is 0 Å². The molecule has 0 fully saturated rings. The zero-order valence-electron chi connectivity index (χ0n) is 10.7. The third-order valence-corrected chi connectivity index (χ3v) is 3.70. The number of oxime groups is 1. The molecule has 0 aliphatic rings. The van der Waals surface area contributed by atoms with Gasteiger partial charge in [0.05, 0.1) is 0 Å². The Kier molecular flexibility index (Phi) is 4.73. The van der Waals surface area contributed by atoms with Gasteiger partial charge in [-0.05, 0) is 30.0 Å². The van der Waals surface area contributed by atoms with E-state index >= 15 is 0 Å². The van der Waals surface area contributed by atoms with E-state index in [1.165, 1.54) is 4.88 Å². The summed E-state index contributed by atoms with van der Waals surface area (Å²) in [5.41, 5.74) is 6.50. The quantitative estimate of drug-likeness (QED) is 0.339. The van der Waals surface area contributed by atoms with Crippen LogP contribution in [0.25, 0.3) is 0 Å². The predicted molar refractivity (Wildman–Crippen MR) is 79.3 cm³/mol. The van der Waals surface area contributed by atoms with Crippen molar-refractivity contribution in [3.8, 4) is 0 Å². The van der Waals surface area contributed by atoms with Gasteiger partial charge in [0.15, 0.2) is 5.84 Å². The van der Waals surface area contributed by atoms with Gasteiger partial charge in [0.1, 0.15) is 0 Å². The van der Waals surface area contributed by atoms with Crippen LogP contribution in [-0.4, -0.2) is 23.5 Å². The Morgan fingerprint density at radius 3 is 2.80 bits per heavy atom. The van der Waals surface area contributed by atoms with Crippen LogP contribution in [0.2, 0.25) is 0 Å². The first-order chi connectivity index (χ1) is 9.70. The van der Waals surface area contributed by atoms with Crippen LogP contribution in [0.15, 0.2) is 46.9 Å². The van der Waals surface area contributed by atoms with Gasteiger partial charge in [0.2, 0.25) is 0 Å². The third kappa shape index (κ3) is 3.58. The number of amidine groups is 1. The maximum absolute atomic E-state index is 12.0. The van der Waals surface area contributed by atoms with Gasteiger partial charge in [-0.15, -0.1) is 11.3 Å². The molecular weight excluding hydrogens is 274 g/mol. The van der Waals surface area contributed by atoms with E-state index in [9.17, 15) is 4.79 Å². The van der Waals surface area contributed by atoms with E-state index in [2.05, 4.69) is 10.5 Å². The van der Waals surface area contributed by atoms with E-state index in [0.29, 0.717) is 17.7 Å². The first-order valence-corrected chi connectivity index (χ1v) is 6.97. The standard InChI is InChI=1S/C14H15N3O2S/c15-13(17-19)10-3-1-4-11(9-10)14(18)16-7-6-12-5-2-8-20-12/h1-5,8-9,19H,6-7H2,(H2,15,17)(H,16,18). The summed E-state index contributed by atoms with van der Waals surface area (Å²) < 4.78 is 0. The van der Waals surface area contributed by atoms with Crippen LogP contribution in [0.4, 0.5) is 0 Å². The molecule has 20 heavy (non-hydrogen) atoms. The van der Waals surface area contributed by atoms with Crippen LogP contribution in [-0.2, 0) is 6.42 Å². The zero-order valence-corrected chi connectivity index (χ0v) is 11.6. The Hall–Kier alpha value is -2.34. The van der Waals surface area contributed by atoms with Crippen LogP contribution in [0.5, 0.6) is 0 Å². The molecule has 5 nitrogen and oxygen atoms in total. The van der Waals surface area contributed by atoms with Crippen LogP contribution < -0.4 is 11.1 Å². The molecule has 0 saturated carbocycles. The molecule has 0 radical (unpaired) electrons. The second-order valence-electron chi connectivity index (χ2n) is 4.15. The number of carbonyl (C=O) groups is 1. The van der Waals surface area contributed by atoms with Crippen molar-refractivity contribution in [2.24, 2.45) is 10.9 Å². The number of carbonyl (C=O) groups excluding carboxylic acids is 1. The fourth-order valence-corrected chi connectivity index (χ4v) is 2.44. The molecule has 0 bridgehead atoms. The normalized spacial score (nSPS) is 11.3. The third-order valence-electron chi connectivity index (χ3n) is 2.77. The maximum Gasteiger partial charge on any atom is 0.251 e. The number of benzene rings is 1. The van der Waals surface area contributed by atoms with Crippen molar-refractivity contribution in [2.45, 2.75) is 6.42 Å². The summed E-state index contributed by atoms with van der Waals surface area (Å²) >= 11 is 1.67. The van der Waals surface area contributed by atoms with E-state index in [1.807, 2.05) is 17.5 Å². The average molecular weight is 289 g/mol. The number of amides is 1. The molecule has 6 heteroatoms. The van der Waals surface area contributed by atoms with Gasteiger partial charge in [0, 0.05) is 22.5 Å². The first kappa shape index (κ1) is 14.1. The second-order valence-corrected chi connectivity index (χ2v) is 5.18. The van der Waals surface area contributed by atoms with Crippen molar-refractivity contribution in [2.75, 3.05) is 6.54 Å².